The van der Waals surface area contributed by atoms with Gasteiger partial charge in [0.05, 0.1) is 12.0 Å². The van der Waals surface area contributed by atoms with Gasteiger partial charge in [-0.1, -0.05) is 53.2 Å². The summed E-state index contributed by atoms with van der Waals surface area (Å²) in [7, 11) is 0. The van der Waals surface area contributed by atoms with Gasteiger partial charge in [0.25, 0.3) is 0 Å². The minimum absolute atomic E-state index is 0.0642. The Labute approximate surface area is 161 Å². The lowest BCUT2D eigenvalue weighted by Crippen LogP contribution is -2.28. The first kappa shape index (κ1) is 16.5. The van der Waals surface area contributed by atoms with E-state index >= 15 is 0 Å². The van der Waals surface area contributed by atoms with E-state index in [1.807, 2.05) is 23.1 Å². The number of nitrogens with zero attached hydrogens (tertiary/aromatic N) is 3. The molecular weight excluding hydrogens is 362 g/mol. The Kier molecular flexibility index (Phi) is 3.97. The predicted molar refractivity (Wildman–Crippen MR) is 101 cm³/mol. The molecule has 0 saturated carbocycles. The summed E-state index contributed by atoms with van der Waals surface area (Å²) >= 11 is 6.04. The second-order valence-corrected chi connectivity index (χ2v) is 7.60. The highest BCUT2D eigenvalue weighted by atomic mass is 35.5. The molecule has 5 rings (SSSR count). The molecule has 0 N–H and O–H groups in total. The number of aryl methyl sites for hydroxylation is 1. The normalized spacial score (nSPS) is 21.7. The molecule has 27 heavy (non-hydrogen) atoms. The number of aromatic nitrogens is 2. The summed E-state index contributed by atoms with van der Waals surface area (Å²) in [6.07, 6.45) is 2.42. The van der Waals surface area contributed by atoms with E-state index in [4.69, 9.17) is 16.1 Å². The van der Waals surface area contributed by atoms with Gasteiger partial charge in [-0.15, -0.1) is 0 Å². The van der Waals surface area contributed by atoms with Crippen molar-refractivity contribution in [3.63, 3.8) is 0 Å². The maximum atomic E-state index is 12.7. The van der Waals surface area contributed by atoms with Gasteiger partial charge in [0.15, 0.2) is 0 Å². The SMILES string of the molecule is O=C1CC(c2nc(-c3cccc(Cl)c3)no2)CN1C1CCc2ccccc21. The average Bonchev–Trinajstić information content (AvgIpc) is 3.39. The summed E-state index contributed by atoms with van der Waals surface area (Å²) < 4.78 is 5.49. The third kappa shape index (κ3) is 2.92. The van der Waals surface area contributed by atoms with Gasteiger partial charge in [-0.25, -0.2) is 0 Å². The maximum absolute atomic E-state index is 12.7. The lowest BCUT2D eigenvalue weighted by molar-refractivity contribution is -0.129. The molecule has 0 bridgehead atoms. The van der Waals surface area contributed by atoms with E-state index in [0.717, 1.165) is 18.4 Å². The van der Waals surface area contributed by atoms with Crippen molar-refractivity contribution in [1.29, 1.82) is 0 Å². The first-order valence-corrected chi connectivity index (χ1v) is 9.53. The molecule has 2 heterocycles. The summed E-state index contributed by atoms with van der Waals surface area (Å²) in [5, 5.41) is 4.71. The second-order valence-electron chi connectivity index (χ2n) is 7.17. The van der Waals surface area contributed by atoms with Crippen LogP contribution in [0.15, 0.2) is 53.1 Å². The molecule has 2 aromatic carbocycles. The Balaban J connectivity index is 1.37. The molecule has 2 aliphatic rings. The summed E-state index contributed by atoms with van der Waals surface area (Å²) in [4.78, 5) is 19.2. The van der Waals surface area contributed by atoms with E-state index in [9.17, 15) is 4.79 Å². The molecule has 0 spiro atoms. The van der Waals surface area contributed by atoms with E-state index in [2.05, 4.69) is 28.3 Å². The van der Waals surface area contributed by atoms with Crippen molar-refractivity contribution in [2.24, 2.45) is 0 Å². The molecule has 5 nitrogen and oxygen atoms in total. The number of carbonyl (C=O) groups is 1. The first-order chi connectivity index (χ1) is 13.2. The fourth-order valence-corrected chi connectivity index (χ4v) is 4.39. The first-order valence-electron chi connectivity index (χ1n) is 9.16. The van der Waals surface area contributed by atoms with Crippen molar-refractivity contribution < 1.29 is 9.32 Å². The van der Waals surface area contributed by atoms with E-state index in [1.54, 1.807) is 12.1 Å². The fourth-order valence-electron chi connectivity index (χ4n) is 4.20. The van der Waals surface area contributed by atoms with Crippen molar-refractivity contribution in [3.8, 4) is 11.4 Å². The van der Waals surface area contributed by atoms with Crippen LogP contribution in [0.4, 0.5) is 0 Å². The Bertz CT molecular complexity index is 1020. The second kappa shape index (κ2) is 6.50. The molecule has 2 unspecified atom stereocenters. The Hall–Kier alpha value is -2.66. The molecule has 0 radical (unpaired) electrons. The minimum Gasteiger partial charge on any atom is -0.339 e. The largest absolute Gasteiger partial charge is 0.339 e. The summed E-state index contributed by atoms with van der Waals surface area (Å²) in [5.41, 5.74) is 3.43. The monoisotopic (exact) mass is 379 g/mol. The van der Waals surface area contributed by atoms with Gasteiger partial charge in [0, 0.05) is 23.6 Å². The lowest BCUT2D eigenvalue weighted by Gasteiger charge is -2.25. The number of hydrogen-bond acceptors (Lipinski definition) is 4. The van der Waals surface area contributed by atoms with Crippen LogP contribution in [-0.2, 0) is 11.2 Å². The standard InChI is InChI=1S/C21H18ClN3O2/c22-16-6-3-5-14(10-16)20-23-21(27-24-20)15-11-19(26)25(12-15)18-9-8-13-4-1-2-7-17(13)18/h1-7,10,15,18H,8-9,11-12H2. The number of rotatable bonds is 3. The van der Waals surface area contributed by atoms with Gasteiger partial charge in [0.1, 0.15) is 0 Å². The van der Waals surface area contributed by atoms with E-state index < -0.39 is 0 Å². The van der Waals surface area contributed by atoms with Crippen molar-refractivity contribution in [2.45, 2.75) is 31.2 Å². The number of fused-ring (bicyclic) bond motifs is 1. The number of benzene rings is 2. The zero-order valence-corrected chi connectivity index (χ0v) is 15.4. The van der Waals surface area contributed by atoms with E-state index in [1.165, 1.54) is 11.1 Å². The molecule has 1 aromatic heterocycles. The number of amides is 1. The number of hydrogen-bond donors (Lipinski definition) is 0. The molecule has 1 aliphatic carbocycles. The molecule has 1 fully saturated rings. The third-order valence-corrected chi connectivity index (χ3v) is 5.74. The minimum atomic E-state index is -0.0642. The van der Waals surface area contributed by atoms with Crippen LogP contribution in [-0.4, -0.2) is 27.5 Å². The average molecular weight is 380 g/mol. The maximum Gasteiger partial charge on any atom is 0.232 e. The fraction of sp³-hybridized carbons (Fsp3) is 0.286. The molecule has 1 saturated heterocycles. The van der Waals surface area contributed by atoms with Gasteiger partial charge in [-0.05, 0) is 36.1 Å². The third-order valence-electron chi connectivity index (χ3n) is 5.51. The number of halogens is 1. The van der Waals surface area contributed by atoms with E-state index in [-0.39, 0.29) is 17.9 Å². The van der Waals surface area contributed by atoms with Crippen molar-refractivity contribution >= 4 is 17.5 Å². The summed E-state index contributed by atoms with van der Waals surface area (Å²) in [6, 6.07) is 15.9. The molecule has 2 atom stereocenters. The highest BCUT2D eigenvalue weighted by molar-refractivity contribution is 6.30. The van der Waals surface area contributed by atoms with Crippen LogP contribution in [0.3, 0.4) is 0 Å². The summed E-state index contributed by atoms with van der Waals surface area (Å²) in [5.74, 6) is 1.12. The molecule has 1 aliphatic heterocycles. The van der Waals surface area contributed by atoms with Crippen LogP contribution in [0.1, 0.15) is 41.8 Å². The molecule has 3 aromatic rings. The topological polar surface area (TPSA) is 59.2 Å². The van der Waals surface area contributed by atoms with Gasteiger partial charge in [-0.2, -0.15) is 4.98 Å². The van der Waals surface area contributed by atoms with Gasteiger partial charge >= 0.3 is 0 Å². The predicted octanol–water partition coefficient (Wildman–Crippen LogP) is 4.39. The lowest BCUT2D eigenvalue weighted by atomic mass is 10.1. The molecule has 1 amide bonds. The van der Waals surface area contributed by atoms with Crippen LogP contribution in [0.25, 0.3) is 11.4 Å². The highest BCUT2D eigenvalue weighted by Gasteiger charge is 2.40. The number of carbonyl (C=O) groups excluding carboxylic acids is 1. The van der Waals surface area contributed by atoms with Crippen LogP contribution in [0.2, 0.25) is 5.02 Å². The quantitative estimate of drug-likeness (QED) is 0.677. The summed E-state index contributed by atoms with van der Waals surface area (Å²) in [6.45, 7) is 0.620. The van der Waals surface area contributed by atoms with Crippen LogP contribution in [0, 0.1) is 0 Å². The Morgan fingerprint density at radius 2 is 2.04 bits per heavy atom. The van der Waals surface area contributed by atoms with E-state index in [0.29, 0.717) is 29.7 Å². The zero-order chi connectivity index (χ0) is 18.4. The van der Waals surface area contributed by atoms with Crippen LogP contribution < -0.4 is 0 Å². The van der Waals surface area contributed by atoms with Crippen LogP contribution in [0.5, 0.6) is 0 Å². The van der Waals surface area contributed by atoms with Gasteiger partial charge in [-0.3, -0.25) is 4.79 Å². The van der Waals surface area contributed by atoms with Gasteiger partial charge in [0.2, 0.25) is 17.6 Å². The molecular formula is C21H18ClN3O2. The molecule has 6 heteroatoms. The Morgan fingerprint density at radius 3 is 2.93 bits per heavy atom. The smallest absolute Gasteiger partial charge is 0.232 e. The van der Waals surface area contributed by atoms with Crippen molar-refractivity contribution in [1.82, 2.24) is 15.0 Å². The highest BCUT2D eigenvalue weighted by Crippen LogP contribution is 2.40. The zero-order valence-electron chi connectivity index (χ0n) is 14.6. The Morgan fingerprint density at radius 1 is 1.15 bits per heavy atom. The number of likely N-dealkylation sites (tertiary alicyclic amines) is 1. The van der Waals surface area contributed by atoms with Gasteiger partial charge < -0.3 is 9.42 Å². The molecule has 136 valence electrons. The van der Waals surface area contributed by atoms with Crippen molar-refractivity contribution in [3.05, 3.63) is 70.6 Å². The van der Waals surface area contributed by atoms with Crippen molar-refractivity contribution in [2.75, 3.05) is 6.54 Å². The van der Waals surface area contributed by atoms with Crippen LogP contribution >= 0.6 is 11.6 Å².